The fraction of sp³-hybridized carbons (Fsp3) is 0.611. The number of carbonyl (C=O) groups is 5. The van der Waals surface area contributed by atoms with Crippen molar-refractivity contribution < 1.29 is 39.3 Å². The van der Waals surface area contributed by atoms with Gasteiger partial charge in [-0.15, -0.1) is 0 Å². The number of hydrogen-bond acceptors (Lipinski definition) is 8. The maximum Gasteiger partial charge on any atom is 0.320 e. The molecule has 0 spiro atoms. The Bertz CT molecular complexity index is 679. The highest BCUT2D eigenvalue weighted by Crippen LogP contribution is 2.12. The number of carboxylic acids is 3. The zero-order valence-corrected chi connectivity index (χ0v) is 16.5. The lowest BCUT2D eigenvalue weighted by atomic mass is 10.1. The summed E-state index contributed by atoms with van der Waals surface area (Å²) in [5, 5.41) is 27.9. The molecule has 166 valence electrons. The van der Waals surface area contributed by atoms with E-state index in [0.29, 0.717) is 26.2 Å². The van der Waals surface area contributed by atoms with Gasteiger partial charge in [0.05, 0.1) is 13.1 Å². The van der Waals surface area contributed by atoms with E-state index in [0.717, 1.165) is 17.1 Å². The first-order chi connectivity index (χ1) is 14.2. The smallest absolute Gasteiger partial charge is 0.320 e. The Morgan fingerprint density at radius 3 is 1.63 bits per heavy atom. The lowest BCUT2D eigenvalue weighted by molar-refractivity contribution is -0.146. The molecule has 2 heterocycles. The minimum atomic E-state index is -1.13. The molecule has 1 unspecified atom stereocenters. The Balaban J connectivity index is 2.10. The van der Waals surface area contributed by atoms with Crippen LogP contribution in [0.4, 0.5) is 0 Å². The molecule has 0 bridgehead atoms. The fourth-order valence-corrected chi connectivity index (χ4v) is 3.53. The summed E-state index contributed by atoms with van der Waals surface area (Å²) in [6.45, 7) is 1.23. The summed E-state index contributed by atoms with van der Waals surface area (Å²) < 4.78 is 0. The van der Waals surface area contributed by atoms with E-state index in [1.807, 2.05) is 0 Å². The molecule has 0 radical (unpaired) electrons. The number of carboxylic acid groups (broad SMARTS) is 3. The highest BCUT2D eigenvalue weighted by Gasteiger charge is 2.31. The molecule has 0 aliphatic carbocycles. The number of rotatable bonds is 9. The molecule has 0 saturated carbocycles. The Morgan fingerprint density at radius 1 is 0.800 bits per heavy atom. The van der Waals surface area contributed by atoms with Crippen LogP contribution in [0.25, 0.3) is 0 Å². The number of hydrogen-bond donors (Lipinski definition) is 3. The number of carbonyl (C=O) groups excluding carboxylic acids is 2. The molecule has 2 aliphatic heterocycles. The van der Waals surface area contributed by atoms with Gasteiger partial charge < -0.3 is 15.3 Å². The Hall–Kier alpha value is -2.83. The van der Waals surface area contributed by atoms with Gasteiger partial charge in [-0.2, -0.15) is 0 Å². The van der Waals surface area contributed by atoms with Crippen LogP contribution in [0.1, 0.15) is 6.42 Å². The van der Waals surface area contributed by atoms with Crippen LogP contribution in [-0.4, -0.2) is 130 Å². The maximum atomic E-state index is 11.9. The van der Waals surface area contributed by atoms with Gasteiger partial charge >= 0.3 is 17.9 Å². The summed E-state index contributed by atoms with van der Waals surface area (Å²) >= 11 is 0. The minimum Gasteiger partial charge on any atom is -0.480 e. The summed E-state index contributed by atoms with van der Waals surface area (Å²) in [6.07, 6.45) is 2.27. The van der Waals surface area contributed by atoms with Gasteiger partial charge in [-0.05, 0) is 6.42 Å². The topological polar surface area (TPSA) is 159 Å². The number of aliphatic carboxylic acids is 3. The number of imide groups is 1. The van der Waals surface area contributed by atoms with Crippen molar-refractivity contribution in [2.24, 2.45) is 0 Å². The third-order valence-electron chi connectivity index (χ3n) is 5.11. The molecule has 1 atom stereocenters. The summed E-state index contributed by atoms with van der Waals surface area (Å²) in [6, 6.07) is -1.01. The highest BCUT2D eigenvalue weighted by atomic mass is 16.4. The molecule has 30 heavy (non-hydrogen) atoms. The zero-order chi connectivity index (χ0) is 22.3. The quantitative estimate of drug-likeness (QED) is 0.345. The van der Waals surface area contributed by atoms with Crippen molar-refractivity contribution in [1.29, 1.82) is 0 Å². The molecule has 3 N–H and O–H groups in total. The molecule has 2 rings (SSSR count). The van der Waals surface area contributed by atoms with Crippen molar-refractivity contribution in [3.8, 4) is 0 Å². The van der Waals surface area contributed by atoms with E-state index < -0.39 is 35.8 Å². The first kappa shape index (κ1) is 23.4. The van der Waals surface area contributed by atoms with Crippen LogP contribution >= 0.6 is 0 Å². The van der Waals surface area contributed by atoms with Crippen LogP contribution < -0.4 is 0 Å². The molecule has 12 heteroatoms. The van der Waals surface area contributed by atoms with Gasteiger partial charge in [0.2, 0.25) is 0 Å². The lowest BCUT2D eigenvalue weighted by Crippen LogP contribution is -2.48. The van der Waals surface area contributed by atoms with Crippen LogP contribution in [0.5, 0.6) is 0 Å². The van der Waals surface area contributed by atoms with Crippen LogP contribution in [0.2, 0.25) is 0 Å². The third kappa shape index (κ3) is 6.90. The molecule has 0 aromatic heterocycles. The predicted molar refractivity (Wildman–Crippen MR) is 102 cm³/mol. The number of nitrogens with zero attached hydrogens (tertiary/aromatic N) is 4. The van der Waals surface area contributed by atoms with E-state index in [9.17, 15) is 29.1 Å². The molecule has 0 aromatic carbocycles. The van der Waals surface area contributed by atoms with E-state index in [1.54, 1.807) is 14.7 Å². The standard InChI is InChI=1S/C18H26N4O8/c23-14-1-2-15(24)22(14)4-3-13(18(29)30)21-9-7-19(11-16(25)26)5-6-20(8-10-21)12-17(27)28/h1-2,13H,3-12H2,(H,25,26)(H,27,28)(H,29,30). The van der Waals surface area contributed by atoms with Gasteiger partial charge in [-0.25, -0.2) is 0 Å². The average Bonchev–Trinajstić information content (AvgIpc) is 3.00. The second-order valence-corrected chi connectivity index (χ2v) is 7.18. The Labute approximate surface area is 172 Å². The third-order valence-corrected chi connectivity index (χ3v) is 5.11. The second-order valence-electron chi connectivity index (χ2n) is 7.18. The van der Waals surface area contributed by atoms with Gasteiger partial charge in [0.25, 0.3) is 11.8 Å². The SMILES string of the molecule is O=C(O)CN1CCN(CC(=O)O)CCN(C(CCN2C(=O)C=CC2=O)C(=O)O)CC1. The predicted octanol–water partition coefficient (Wildman–Crippen LogP) is -2.16. The fourth-order valence-electron chi connectivity index (χ4n) is 3.53. The summed E-state index contributed by atoms with van der Waals surface area (Å²) in [7, 11) is 0. The normalized spacial score (nSPS) is 20.6. The number of amides is 2. The van der Waals surface area contributed by atoms with Gasteiger partial charge in [-0.3, -0.25) is 43.6 Å². The Morgan fingerprint density at radius 2 is 1.23 bits per heavy atom. The molecular weight excluding hydrogens is 400 g/mol. The maximum absolute atomic E-state index is 11.9. The Kier molecular flexibility index (Phi) is 8.45. The average molecular weight is 426 g/mol. The zero-order valence-electron chi connectivity index (χ0n) is 16.5. The molecule has 1 fully saturated rings. The summed E-state index contributed by atoms with van der Waals surface area (Å²) in [4.78, 5) is 63.4. The van der Waals surface area contributed by atoms with Gasteiger partial charge in [0.15, 0.2) is 0 Å². The lowest BCUT2D eigenvalue weighted by Gasteiger charge is -2.31. The van der Waals surface area contributed by atoms with Crippen LogP contribution in [0.3, 0.4) is 0 Å². The van der Waals surface area contributed by atoms with Crippen LogP contribution in [0.15, 0.2) is 12.2 Å². The largest absolute Gasteiger partial charge is 0.480 e. The van der Waals surface area contributed by atoms with E-state index in [1.165, 1.54) is 0 Å². The van der Waals surface area contributed by atoms with Crippen molar-refractivity contribution >= 4 is 29.7 Å². The van der Waals surface area contributed by atoms with Crippen molar-refractivity contribution in [1.82, 2.24) is 19.6 Å². The summed E-state index contributed by atoms with van der Waals surface area (Å²) in [5.41, 5.74) is 0. The van der Waals surface area contributed by atoms with E-state index in [4.69, 9.17) is 10.2 Å². The minimum absolute atomic E-state index is 0.00630. The molecule has 12 nitrogen and oxygen atoms in total. The molecule has 2 aliphatic rings. The van der Waals surface area contributed by atoms with Gasteiger partial charge in [-0.1, -0.05) is 0 Å². The monoisotopic (exact) mass is 426 g/mol. The molecule has 0 aromatic rings. The van der Waals surface area contributed by atoms with E-state index >= 15 is 0 Å². The second kappa shape index (κ2) is 10.8. The molecule has 1 saturated heterocycles. The first-order valence-electron chi connectivity index (χ1n) is 9.56. The van der Waals surface area contributed by atoms with Gasteiger partial charge in [0, 0.05) is 58.0 Å². The van der Waals surface area contributed by atoms with E-state index in [-0.39, 0.29) is 39.1 Å². The van der Waals surface area contributed by atoms with Crippen LogP contribution in [0, 0.1) is 0 Å². The molecular formula is C18H26N4O8. The van der Waals surface area contributed by atoms with E-state index in [2.05, 4.69) is 0 Å². The van der Waals surface area contributed by atoms with Gasteiger partial charge in [0.1, 0.15) is 6.04 Å². The van der Waals surface area contributed by atoms with Crippen molar-refractivity contribution in [3.05, 3.63) is 12.2 Å². The van der Waals surface area contributed by atoms with Crippen molar-refractivity contribution in [3.63, 3.8) is 0 Å². The van der Waals surface area contributed by atoms with Crippen LogP contribution in [-0.2, 0) is 24.0 Å². The first-order valence-corrected chi connectivity index (χ1v) is 9.56. The molecule has 2 amide bonds. The van der Waals surface area contributed by atoms with Crippen molar-refractivity contribution in [2.45, 2.75) is 12.5 Å². The summed E-state index contributed by atoms with van der Waals surface area (Å²) in [5.74, 6) is -4.17. The highest BCUT2D eigenvalue weighted by molar-refractivity contribution is 6.12. The van der Waals surface area contributed by atoms with Crippen molar-refractivity contribution in [2.75, 3.05) is 58.9 Å².